The minimum absolute atomic E-state index is 0.468. The molecule has 0 aromatic heterocycles. The van der Waals surface area contributed by atoms with Gasteiger partial charge in [0.25, 0.3) is 0 Å². The van der Waals surface area contributed by atoms with Gasteiger partial charge in [0.15, 0.2) is 0 Å². The van der Waals surface area contributed by atoms with E-state index in [1.54, 1.807) is 0 Å². The minimum atomic E-state index is 0.468. The first-order chi connectivity index (χ1) is 7.61. The lowest BCUT2D eigenvalue weighted by Gasteiger charge is -2.25. The summed E-state index contributed by atoms with van der Waals surface area (Å²) in [5, 5.41) is 3.51. The van der Waals surface area contributed by atoms with Crippen LogP contribution in [0.3, 0.4) is 0 Å². The predicted molar refractivity (Wildman–Crippen MR) is 70.7 cm³/mol. The lowest BCUT2D eigenvalue weighted by molar-refractivity contribution is 0.362. The van der Waals surface area contributed by atoms with Crippen molar-refractivity contribution in [3.63, 3.8) is 0 Å². The minimum Gasteiger partial charge on any atom is -0.397 e. The Balaban J connectivity index is 2.02. The van der Waals surface area contributed by atoms with Crippen molar-refractivity contribution >= 4 is 11.4 Å². The van der Waals surface area contributed by atoms with Gasteiger partial charge in [-0.05, 0) is 36.8 Å². The van der Waals surface area contributed by atoms with E-state index in [1.807, 2.05) is 0 Å². The van der Waals surface area contributed by atoms with Gasteiger partial charge in [-0.1, -0.05) is 31.9 Å². The van der Waals surface area contributed by atoms with Crippen LogP contribution >= 0.6 is 0 Å². The Kier molecular flexibility index (Phi) is 3.08. The first-order valence-electron chi connectivity index (χ1n) is 6.20. The lowest BCUT2D eigenvalue weighted by atomic mass is 9.89. The topological polar surface area (TPSA) is 38.0 Å². The number of hydrogen-bond acceptors (Lipinski definition) is 2. The number of nitrogens with two attached hydrogens (primary N) is 1. The van der Waals surface area contributed by atoms with E-state index in [0.29, 0.717) is 5.41 Å². The maximum Gasteiger partial charge on any atom is 0.0579 e. The summed E-state index contributed by atoms with van der Waals surface area (Å²) in [6.45, 7) is 5.47. The van der Waals surface area contributed by atoms with Crippen LogP contribution in [0.15, 0.2) is 18.2 Å². The summed E-state index contributed by atoms with van der Waals surface area (Å²) in [6, 6.07) is 6.18. The van der Waals surface area contributed by atoms with Crippen LogP contribution in [0.1, 0.15) is 38.2 Å². The molecular formula is C14H22N2. The zero-order valence-corrected chi connectivity index (χ0v) is 10.3. The Morgan fingerprint density at radius 3 is 2.69 bits per heavy atom. The molecule has 2 rings (SSSR count). The van der Waals surface area contributed by atoms with Crippen molar-refractivity contribution in [2.45, 2.75) is 39.5 Å². The monoisotopic (exact) mass is 218 g/mol. The second-order valence-electron chi connectivity index (χ2n) is 5.41. The molecule has 0 bridgehead atoms. The van der Waals surface area contributed by atoms with Crippen LogP contribution in [-0.2, 0) is 0 Å². The smallest absolute Gasteiger partial charge is 0.0579 e. The Morgan fingerprint density at radius 2 is 2.00 bits per heavy atom. The molecule has 0 amide bonds. The summed E-state index contributed by atoms with van der Waals surface area (Å²) in [7, 11) is 0. The number of aryl methyl sites for hydroxylation is 1. The second kappa shape index (κ2) is 4.36. The first kappa shape index (κ1) is 11.3. The molecule has 0 heterocycles. The van der Waals surface area contributed by atoms with Gasteiger partial charge >= 0.3 is 0 Å². The van der Waals surface area contributed by atoms with E-state index in [4.69, 9.17) is 5.73 Å². The van der Waals surface area contributed by atoms with Gasteiger partial charge < -0.3 is 11.1 Å². The molecule has 1 fully saturated rings. The maximum atomic E-state index is 6.05. The van der Waals surface area contributed by atoms with Gasteiger partial charge in [0.1, 0.15) is 0 Å². The van der Waals surface area contributed by atoms with Crippen LogP contribution in [0, 0.1) is 12.3 Å². The van der Waals surface area contributed by atoms with E-state index < -0.39 is 0 Å². The largest absolute Gasteiger partial charge is 0.397 e. The molecule has 1 saturated carbocycles. The van der Waals surface area contributed by atoms with Gasteiger partial charge in [-0.25, -0.2) is 0 Å². The Morgan fingerprint density at radius 1 is 1.31 bits per heavy atom. The Bertz CT molecular complexity index is 365. The molecule has 88 valence electrons. The van der Waals surface area contributed by atoms with Gasteiger partial charge in [-0.15, -0.1) is 0 Å². The maximum absolute atomic E-state index is 6.05. The molecule has 2 heteroatoms. The van der Waals surface area contributed by atoms with Crippen molar-refractivity contribution in [3.05, 3.63) is 23.8 Å². The fourth-order valence-electron chi connectivity index (χ4n) is 2.55. The molecule has 3 N–H and O–H groups in total. The predicted octanol–water partition coefficient (Wildman–Crippen LogP) is 3.57. The number of nitrogens with one attached hydrogen (secondary N) is 1. The summed E-state index contributed by atoms with van der Waals surface area (Å²) in [6.07, 6.45) is 5.43. The Labute approximate surface area is 98.2 Å². The molecule has 1 aromatic carbocycles. The van der Waals surface area contributed by atoms with Crippen LogP contribution in [0.25, 0.3) is 0 Å². The highest BCUT2D eigenvalue weighted by Gasteiger charge is 2.28. The average Bonchev–Trinajstić information content (AvgIpc) is 2.68. The SMILES string of the molecule is Cc1cccc(NCC2(C)CCCC2)c1N. The Hall–Kier alpha value is -1.18. The number of benzene rings is 1. The van der Waals surface area contributed by atoms with E-state index in [-0.39, 0.29) is 0 Å². The van der Waals surface area contributed by atoms with Gasteiger partial charge in [-0.2, -0.15) is 0 Å². The molecule has 16 heavy (non-hydrogen) atoms. The highest BCUT2D eigenvalue weighted by atomic mass is 14.9. The third kappa shape index (κ3) is 2.31. The van der Waals surface area contributed by atoms with Gasteiger partial charge in [0, 0.05) is 6.54 Å². The van der Waals surface area contributed by atoms with E-state index in [2.05, 4.69) is 37.4 Å². The van der Waals surface area contributed by atoms with Crippen molar-refractivity contribution < 1.29 is 0 Å². The summed E-state index contributed by atoms with van der Waals surface area (Å²) < 4.78 is 0. The summed E-state index contributed by atoms with van der Waals surface area (Å²) in [4.78, 5) is 0. The molecule has 0 spiro atoms. The molecule has 2 nitrogen and oxygen atoms in total. The van der Waals surface area contributed by atoms with Crippen molar-refractivity contribution in [2.24, 2.45) is 5.41 Å². The van der Waals surface area contributed by atoms with Gasteiger partial charge in [-0.3, -0.25) is 0 Å². The molecule has 0 atom stereocenters. The molecule has 1 aliphatic carbocycles. The zero-order chi connectivity index (χ0) is 11.6. The fraction of sp³-hybridized carbons (Fsp3) is 0.571. The van der Waals surface area contributed by atoms with E-state index >= 15 is 0 Å². The number of nitrogen functional groups attached to an aromatic ring is 1. The third-order valence-electron chi connectivity index (χ3n) is 3.84. The summed E-state index contributed by atoms with van der Waals surface area (Å²) in [5.41, 5.74) is 9.65. The van der Waals surface area contributed by atoms with E-state index in [0.717, 1.165) is 23.5 Å². The van der Waals surface area contributed by atoms with Crippen molar-refractivity contribution in [3.8, 4) is 0 Å². The molecule has 1 aromatic rings. The quantitative estimate of drug-likeness (QED) is 0.761. The molecule has 0 saturated heterocycles. The fourth-order valence-corrected chi connectivity index (χ4v) is 2.55. The molecule has 0 radical (unpaired) electrons. The van der Waals surface area contributed by atoms with Crippen LogP contribution in [0.4, 0.5) is 11.4 Å². The average molecular weight is 218 g/mol. The van der Waals surface area contributed by atoms with Gasteiger partial charge in [0.2, 0.25) is 0 Å². The first-order valence-corrected chi connectivity index (χ1v) is 6.20. The number of anilines is 2. The van der Waals surface area contributed by atoms with E-state index in [9.17, 15) is 0 Å². The van der Waals surface area contributed by atoms with Crippen molar-refractivity contribution in [1.82, 2.24) is 0 Å². The van der Waals surface area contributed by atoms with Crippen molar-refractivity contribution in [1.29, 1.82) is 0 Å². The highest BCUT2D eigenvalue weighted by molar-refractivity contribution is 5.69. The van der Waals surface area contributed by atoms with E-state index in [1.165, 1.54) is 25.7 Å². The standard InChI is InChI=1S/C14H22N2/c1-11-6-5-7-12(13(11)15)16-10-14(2)8-3-4-9-14/h5-7,16H,3-4,8-10,15H2,1-2H3. The highest BCUT2D eigenvalue weighted by Crippen LogP contribution is 2.37. The number of rotatable bonds is 3. The number of para-hydroxylation sites is 1. The lowest BCUT2D eigenvalue weighted by Crippen LogP contribution is -2.23. The number of hydrogen-bond donors (Lipinski definition) is 2. The second-order valence-corrected chi connectivity index (χ2v) is 5.41. The van der Waals surface area contributed by atoms with Crippen LogP contribution < -0.4 is 11.1 Å². The van der Waals surface area contributed by atoms with Crippen LogP contribution in [0.2, 0.25) is 0 Å². The van der Waals surface area contributed by atoms with Crippen LogP contribution in [0.5, 0.6) is 0 Å². The normalized spacial score (nSPS) is 18.6. The van der Waals surface area contributed by atoms with Crippen LogP contribution in [-0.4, -0.2) is 6.54 Å². The summed E-state index contributed by atoms with van der Waals surface area (Å²) >= 11 is 0. The molecule has 0 aliphatic heterocycles. The molecule has 0 unspecified atom stereocenters. The zero-order valence-electron chi connectivity index (χ0n) is 10.3. The third-order valence-corrected chi connectivity index (χ3v) is 3.84. The molecular weight excluding hydrogens is 196 g/mol. The molecule has 1 aliphatic rings. The van der Waals surface area contributed by atoms with Gasteiger partial charge in [0.05, 0.1) is 11.4 Å². The summed E-state index contributed by atoms with van der Waals surface area (Å²) in [5.74, 6) is 0. The van der Waals surface area contributed by atoms with Crippen molar-refractivity contribution in [2.75, 3.05) is 17.6 Å².